The maximum atomic E-state index is 13.5. The van der Waals surface area contributed by atoms with Crippen LogP contribution in [0.5, 0.6) is 0 Å². The fourth-order valence-corrected chi connectivity index (χ4v) is 3.79. The number of hydrogen-bond donors (Lipinski definition) is 2. The first kappa shape index (κ1) is 21.1. The molecule has 1 aliphatic rings. The highest BCUT2D eigenvalue weighted by atomic mass is 35.5. The molecular formula is C20H19ClFN3O3S. The van der Waals surface area contributed by atoms with Crippen molar-refractivity contribution < 1.29 is 18.8 Å². The van der Waals surface area contributed by atoms with Gasteiger partial charge in [0.25, 0.3) is 0 Å². The zero-order chi connectivity index (χ0) is 20.8. The van der Waals surface area contributed by atoms with Gasteiger partial charge in [-0.15, -0.1) is 11.8 Å². The van der Waals surface area contributed by atoms with Crippen molar-refractivity contribution in [1.29, 1.82) is 0 Å². The van der Waals surface area contributed by atoms with Crippen molar-refractivity contribution in [2.24, 2.45) is 0 Å². The molecule has 3 amide bonds. The van der Waals surface area contributed by atoms with Crippen molar-refractivity contribution in [3.63, 3.8) is 0 Å². The second-order valence-corrected chi connectivity index (χ2v) is 7.78. The molecule has 2 aromatic rings. The molecule has 0 atom stereocenters. The summed E-state index contributed by atoms with van der Waals surface area (Å²) < 4.78 is 13.5. The van der Waals surface area contributed by atoms with Gasteiger partial charge in [0, 0.05) is 18.7 Å². The lowest BCUT2D eigenvalue weighted by atomic mass is 10.2. The molecule has 29 heavy (non-hydrogen) atoms. The summed E-state index contributed by atoms with van der Waals surface area (Å²) in [6, 6.07) is 10.9. The molecule has 9 heteroatoms. The van der Waals surface area contributed by atoms with E-state index in [1.807, 2.05) is 0 Å². The van der Waals surface area contributed by atoms with Crippen LogP contribution < -0.4 is 15.5 Å². The van der Waals surface area contributed by atoms with Crippen molar-refractivity contribution in [1.82, 2.24) is 0 Å². The van der Waals surface area contributed by atoms with E-state index in [-0.39, 0.29) is 29.0 Å². The number of carbonyl (C=O) groups excluding carboxylic acids is 3. The van der Waals surface area contributed by atoms with Crippen LogP contribution in [-0.4, -0.2) is 35.8 Å². The van der Waals surface area contributed by atoms with Crippen LogP contribution in [0.1, 0.15) is 12.8 Å². The van der Waals surface area contributed by atoms with Gasteiger partial charge in [0.2, 0.25) is 17.7 Å². The van der Waals surface area contributed by atoms with Crippen LogP contribution >= 0.6 is 23.4 Å². The average Bonchev–Trinajstić information content (AvgIpc) is 3.09. The maximum Gasteiger partial charge on any atom is 0.234 e. The van der Waals surface area contributed by atoms with E-state index in [4.69, 9.17) is 11.6 Å². The number of benzene rings is 2. The van der Waals surface area contributed by atoms with Crippen molar-refractivity contribution >= 4 is 58.1 Å². The first-order valence-corrected chi connectivity index (χ1v) is 10.5. The smallest absolute Gasteiger partial charge is 0.234 e. The predicted octanol–water partition coefficient (Wildman–Crippen LogP) is 3.92. The second kappa shape index (κ2) is 9.76. The van der Waals surface area contributed by atoms with Crippen LogP contribution in [-0.2, 0) is 14.4 Å². The highest BCUT2D eigenvalue weighted by Gasteiger charge is 2.23. The molecule has 0 aliphatic carbocycles. The van der Waals surface area contributed by atoms with E-state index in [0.29, 0.717) is 29.4 Å². The van der Waals surface area contributed by atoms with Gasteiger partial charge >= 0.3 is 0 Å². The van der Waals surface area contributed by atoms with Crippen molar-refractivity contribution in [3.05, 3.63) is 53.3 Å². The maximum absolute atomic E-state index is 13.5. The van der Waals surface area contributed by atoms with Crippen molar-refractivity contribution in [2.75, 3.05) is 33.6 Å². The minimum absolute atomic E-state index is 0.0124. The number of hydrogen-bond acceptors (Lipinski definition) is 4. The minimum Gasteiger partial charge on any atom is -0.325 e. The number of nitrogens with zero attached hydrogens (tertiary/aromatic N) is 1. The molecule has 1 fully saturated rings. The topological polar surface area (TPSA) is 78.5 Å². The van der Waals surface area contributed by atoms with Crippen LogP contribution in [0.15, 0.2) is 42.5 Å². The molecule has 1 heterocycles. The first-order chi connectivity index (χ1) is 13.9. The van der Waals surface area contributed by atoms with E-state index in [0.717, 1.165) is 18.2 Å². The Balaban J connectivity index is 1.46. The van der Waals surface area contributed by atoms with Gasteiger partial charge in [-0.25, -0.2) is 4.39 Å². The number of amides is 3. The van der Waals surface area contributed by atoms with Gasteiger partial charge in [0.05, 0.1) is 27.9 Å². The van der Waals surface area contributed by atoms with Crippen molar-refractivity contribution in [3.8, 4) is 0 Å². The molecule has 1 aliphatic heterocycles. The lowest BCUT2D eigenvalue weighted by Crippen LogP contribution is -2.24. The summed E-state index contributed by atoms with van der Waals surface area (Å²) in [5.41, 5.74) is 1.24. The fraction of sp³-hybridized carbons (Fsp3) is 0.250. The van der Waals surface area contributed by atoms with E-state index in [1.54, 1.807) is 29.2 Å². The van der Waals surface area contributed by atoms with E-state index in [2.05, 4.69) is 10.6 Å². The predicted molar refractivity (Wildman–Crippen MR) is 114 cm³/mol. The molecule has 0 aromatic heterocycles. The van der Waals surface area contributed by atoms with Crippen molar-refractivity contribution in [2.45, 2.75) is 12.8 Å². The van der Waals surface area contributed by atoms with Gasteiger partial charge in [-0.2, -0.15) is 0 Å². The summed E-state index contributed by atoms with van der Waals surface area (Å²) in [7, 11) is 0. The Morgan fingerprint density at radius 3 is 2.48 bits per heavy atom. The zero-order valence-electron chi connectivity index (χ0n) is 15.4. The molecule has 152 valence electrons. The standard InChI is InChI=1S/C20H19ClFN3O3S/c21-14-10-13(7-8-17(14)25-9-3-6-20(25)28)23-18(26)11-29-12-19(27)24-16-5-2-1-4-15(16)22/h1-2,4-5,7-8,10H,3,6,9,11-12H2,(H,23,26)(H,24,27). The molecule has 0 radical (unpaired) electrons. The van der Waals surface area contributed by atoms with Crippen LogP contribution in [0.3, 0.4) is 0 Å². The van der Waals surface area contributed by atoms with Crippen LogP contribution in [0.4, 0.5) is 21.5 Å². The van der Waals surface area contributed by atoms with Crippen LogP contribution in [0.2, 0.25) is 5.02 Å². The Hall–Kier alpha value is -2.58. The summed E-state index contributed by atoms with van der Waals surface area (Å²) in [5, 5.41) is 5.55. The molecule has 2 aromatic carbocycles. The van der Waals surface area contributed by atoms with Crippen LogP contribution in [0.25, 0.3) is 0 Å². The summed E-state index contributed by atoms with van der Waals surface area (Å²) in [6.07, 6.45) is 1.31. The number of halogens is 2. The van der Waals surface area contributed by atoms with Crippen LogP contribution in [0, 0.1) is 5.82 Å². The number of para-hydroxylation sites is 1. The quantitative estimate of drug-likeness (QED) is 0.691. The third-order valence-corrected chi connectivity index (χ3v) is 5.45. The van der Waals surface area contributed by atoms with Gasteiger partial charge < -0.3 is 15.5 Å². The Labute approximate surface area is 176 Å². The Morgan fingerprint density at radius 1 is 1.10 bits per heavy atom. The summed E-state index contributed by atoms with van der Waals surface area (Å²) in [6.45, 7) is 0.635. The van der Waals surface area contributed by atoms with Gasteiger partial charge in [0.15, 0.2) is 0 Å². The number of rotatable bonds is 7. The minimum atomic E-state index is -0.514. The Bertz CT molecular complexity index is 941. The molecule has 0 spiro atoms. The monoisotopic (exact) mass is 435 g/mol. The van der Waals surface area contributed by atoms with E-state index in [9.17, 15) is 18.8 Å². The second-order valence-electron chi connectivity index (χ2n) is 6.38. The highest BCUT2D eigenvalue weighted by Crippen LogP contribution is 2.31. The Morgan fingerprint density at radius 2 is 1.83 bits per heavy atom. The highest BCUT2D eigenvalue weighted by molar-refractivity contribution is 8.00. The van der Waals surface area contributed by atoms with E-state index < -0.39 is 11.7 Å². The lowest BCUT2D eigenvalue weighted by Gasteiger charge is -2.18. The molecule has 0 bridgehead atoms. The average molecular weight is 436 g/mol. The Kier molecular flexibility index (Phi) is 7.11. The van der Waals surface area contributed by atoms with Gasteiger partial charge in [-0.1, -0.05) is 23.7 Å². The zero-order valence-corrected chi connectivity index (χ0v) is 17.0. The summed E-state index contributed by atoms with van der Waals surface area (Å²) >= 11 is 7.37. The molecule has 1 saturated heterocycles. The molecule has 2 N–H and O–H groups in total. The molecule has 0 saturated carbocycles. The third-order valence-electron chi connectivity index (χ3n) is 4.21. The van der Waals surface area contributed by atoms with Gasteiger partial charge in [-0.05, 0) is 36.8 Å². The van der Waals surface area contributed by atoms with Gasteiger partial charge in [0.1, 0.15) is 5.82 Å². The third kappa shape index (κ3) is 5.71. The molecule has 0 unspecified atom stereocenters. The van der Waals surface area contributed by atoms with Gasteiger partial charge in [-0.3, -0.25) is 14.4 Å². The summed E-state index contributed by atoms with van der Waals surface area (Å²) in [5.74, 6) is -1.11. The fourth-order valence-electron chi connectivity index (χ4n) is 2.89. The largest absolute Gasteiger partial charge is 0.325 e. The number of thioether (sulfide) groups is 1. The van der Waals surface area contributed by atoms with E-state index in [1.165, 1.54) is 18.2 Å². The number of carbonyl (C=O) groups is 3. The molecular weight excluding hydrogens is 417 g/mol. The number of nitrogens with one attached hydrogen (secondary N) is 2. The SMILES string of the molecule is O=C(CSCC(=O)Nc1ccccc1F)Nc1ccc(N2CCCC2=O)c(Cl)c1. The summed E-state index contributed by atoms with van der Waals surface area (Å²) in [4.78, 5) is 37.4. The van der Waals surface area contributed by atoms with E-state index >= 15 is 0 Å². The number of anilines is 3. The first-order valence-electron chi connectivity index (χ1n) is 8.96. The molecule has 3 rings (SSSR count). The lowest BCUT2D eigenvalue weighted by molar-refractivity contribution is -0.117. The molecule has 6 nitrogen and oxygen atoms in total. The normalized spacial score (nSPS) is 13.4.